The summed E-state index contributed by atoms with van der Waals surface area (Å²) in [6.07, 6.45) is 2.32. The molecular formula is C14H14ClN3O6. The highest BCUT2D eigenvalue weighted by atomic mass is 35.5. The van der Waals surface area contributed by atoms with Gasteiger partial charge in [-0.05, 0) is 12.1 Å². The van der Waals surface area contributed by atoms with Gasteiger partial charge in [0.1, 0.15) is 0 Å². The van der Waals surface area contributed by atoms with E-state index in [0.717, 1.165) is 19.3 Å². The molecule has 9 nitrogen and oxygen atoms in total. The normalized spacial score (nSPS) is 11.8. The molecule has 0 atom stereocenters. The highest BCUT2D eigenvalue weighted by molar-refractivity contribution is 6.30. The summed E-state index contributed by atoms with van der Waals surface area (Å²) in [6, 6.07) is 3.88. The van der Waals surface area contributed by atoms with Crippen LogP contribution in [0.5, 0.6) is 0 Å². The molecule has 128 valence electrons. The number of rotatable bonds is 6. The van der Waals surface area contributed by atoms with Gasteiger partial charge in [0.25, 0.3) is 5.69 Å². The van der Waals surface area contributed by atoms with E-state index in [2.05, 4.69) is 4.74 Å². The van der Waals surface area contributed by atoms with E-state index in [1.54, 1.807) is 14.1 Å². The summed E-state index contributed by atoms with van der Waals surface area (Å²) in [5.74, 6) is -1.17. The highest BCUT2D eigenvalue weighted by Crippen LogP contribution is 2.30. The van der Waals surface area contributed by atoms with Gasteiger partial charge in [-0.3, -0.25) is 20.2 Å². The Morgan fingerprint density at radius 1 is 1.29 bits per heavy atom. The van der Waals surface area contributed by atoms with Crippen molar-refractivity contribution in [2.24, 2.45) is 0 Å². The summed E-state index contributed by atoms with van der Waals surface area (Å²) < 4.78 is 4.37. The molecule has 0 aliphatic carbocycles. The number of carbonyl (C=O) groups excluding carboxylic acids is 1. The minimum absolute atomic E-state index is 0.0707. The highest BCUT2D eigenvalue weighted by Gasteiger charge is 2.26. The van der Waals surface area contributed by atoms with Gasteiger partial charge in [-0.25, -0.2) is 4.79 Å². The number of nitro groups is 2. The van der Waals surface area contributed by atoms with E-state index in [9.17, 15) is 25.0 Å². The zero-order chi connectivity index (χ0) is 18.4. The Morgan fingerprint density at radius 2 is 1.92 bits per heavy atom. The van der Waals surface area contributed by atoms with E-state index >= 15 is 0 Å². The SMILES string of the molecule is COC(=O)/C(=C\C(=C/N(C)C)c1ccc(Cl)cc1[N+](=O)[O-])[N+](=O)[O-]. The third-order valence-electron chi connectivity index (χ3n) is 2.75. The van der Waals surface area contributed by atoms with Gasteiger partial charge in [-0.1, -0.05) is 11.6 Å². The molecule has 24 heavy (non-hydrogen) atoms. The molecule has 0 amide bonds. The second kappa shape index (κ2) is 8.06. The van der Waals surface area contributed by atoms with Crippen LogP contribution in [0.15, 0.2) is 36.2 Å². The van der Waals surface area contributed by atoms with E-state index in [1.807, 2.05) is 0 Å². The molecule has 1 aromatic rings. The van der Waals surface area contributed by atoms with Gasteiger partial charge >= 0.3 is 11.7 Å². The Kier molecular flexibility index (Phi) is 6.42. The van der Waals surface area contributed by atoms with Crippen molar-refractivity contribution in [2.75, 3.05) is 21.2 Å². The lowest BCUT2D eigenvalue weighted by atomic mass is 10.0. The van der Waals surface area contributed by atoms with E-state index in [0.29, 0.717) is 0 Å². The number of esters is 1. The molecule has 0 N–H and O–H groups in total. The lowest BCUT2D eigenvalue weighted by molar-refractivity contribution is -0.421. The molecule has 0 aliphatic heterocycles. The molecule has 10 heteroatoms. The molecule has 0 fully saturated rings. The fraction of sp³-hybridized carbons (Fsp3) is 0.214. The molecule has 0 unspecified atom stereocenters. The second-order valence-electron chi connectivity index (χ2n) is 4.74. The predicted octanol–water partition coefficient (Wildman–Crippen LogP) is 2.48. The van der Waals surface area contributed by atoms with Gasteiger partial charge in [0.2, 0.25) is 0 Å². The average molecular weight is 356 g/mol. The Balaban J connectivity index is 3.64. The van der Waals surface area contributed by atoms with E-state index in [1.165, 1.54) is 23.2 Å². The van der Waals surface area contributed by atoms with Crippen LogP contribution in [-0.4, -0.2) is 41.9 Å². The van der Waals surface area contributed by atoms with Crippen molar-refractivity contribution in [1.29, 1.82) is 0 Å². The minimum atomic E-state index is -1.17. The van der Waals surface area contributed by atoms with E-state index in [-0.39, 0.29) is 21.8 Å². The Morgan fingerprint density at radius 3 is 2.38 bits per heavy atom. The molecule has 1 aromatic carbocycles. The number of nitrogens with zero attached hydrogens (tertiary/aromatic N) is 3. The molecule has 0 saturated carbocycles. The first-order valence-electron chi connectivity index (χ1n) is 6.44. The zero-order valence-electron chi connectivity index (χ0n) is 13.1. The van der Waals surface area contributed by atoms with E-state index < -0.39 is 21.5 Å². The molecule has 0 aliphatic rings. The Bertz CT molecular complexity index is 742. The number of hydrogen-bond acceptors (Lipinski definition) is 7. The van der Waals surface area contributed by atoms with Gasteiger partial charge in [-0.15, -0.1) is 0 Å². The first kappa shape index (κ1) is 19.1. The minimum Gasteiger partial charge on any atom is -0.461 e. The number of ether oxygens (including phenoxy) is 1. The second-order valence-corrected chi connectivity index (χ2v) is 5.18. The van der Waals surface area contributed by atoms with Crippen molar-refractivity contribution in [3.63, 3.8) is 0 Å². The van der Waals surface area contributed by atoms with E-state index in [4.69, 9.17) is 11.6 Å². The van der Waals surface area contributed by atoms with Crippen molar-refractivity contribution in [2.45, 2.75) is 0 Å². The molecule has 0 bridgehead atoms. The molecule has 1 rings (SSSR count). The van der Waals surface area contributed by atoms with Crippen molar-refractivity contribution in [3.05, 3.63) is 67.0 Å². The number of halogens is 1. The monoisotopic (exact) mass is 355 g/mol. The fourth-order valence-electron chi connectivity index (χ4n) is 1.80. The predicted molar refractivity (Wildman–Crippen MR) is 86.9 cm³/mol. The summed E-state index contributed by atoms with van der Waals surface area (Å²) in [4.78, 5) is 33.8. The maximum Gasteiger partial charge on any atom is 0.409 e. The number of methoxy groups -OCH3 is 1. The molecule has 0 spiro atoms. The van der Waals surface area contributed by atoms with Crippen molar-refractivity contribution >= 4 is 28.8 Å². The van der Waals surface area contributed by atoms with Gasteiger partial charge < -0.3 is 9.64 Å². The lowest BCUT2D eigenvalue weighted by Crippen LogP contribution is -2.13. The lowest BCUT2D eigenvalue weighted by Gasteiger charge is -2.10. The molecule has 0 saturated heterocycles. The number of nitro benzene ring substituents is 1. The van der Waals surface area contributed by atoms with Crippen molar-refractivity contribution in [1.82, 2.24) is 4.90 Å². The zero-order valence-corrected chi connectivity index (χ0v) is 13.8. The van der Waals surface area contributed by atoms with Crippen LogP contribution < -0.4 is 0 Å². The largest absolute Gasteiger partial charge is 0.461 e. The summed E-state index contributed by atoms with van der Waals surface area (Å²) in [5, 5.41) is 22.4. The standard InChI is InChI=1S/C14H14ClN3O6/c1-16(2)8-9(6-13(18(22)23)14(19)24-3)11-5-4-10(15)7-12(11)17(20)21/h4-8H,1-3H3/b9-8+,13-6+. The van der Waals surface area contributed by atoms with Crippen LogP contribution in [0.2, 0.25) is 5.02 Å². The third kappa shape index (κ3) is 4.78. The maximum absolute atomic E-state index is 11.6. The number of allylic oxidation sites excluding steroid dienone is 2. The van der Waals surface area contributed by atoms with Crippen molar-refractivity contribution in [3.8, 4) is 0 Å². The summed E-state index contributed by atoms with van der Waals surface area (Å²) >= 11 is 5.77. The fourth-order valence-corrected chi connectivity index (χ4v) is 1.97. The van der Waals surface area contributed by atoms with Gasteiger partial charge in [0.05, 0.1) is 22.5 Å². The number of hydrogen-bond donors (Lipinski definition) is 0. The van der Waals surface area contributed by atoms with Crippen LogP contribution >= 0.6 is 11.6 Å². The Hall–Kier alpha value is -2.94. The van der Waals surface area contributed by atoms with Crippen molar-refractivity contribution < 1.29 is 19.4 Å². The first-order valence-corrected chi connectivity index (χ1v) is 6.82. The topological polar surface area (TPSA) is 116 Å². The van der Waals surface area contributed by atoms with Crippen LogP contribution in [0, 0.1) is 20.2 Å². The smallest absolute Gasteiger partial charge is 0.409 e. The summed E-state index contributed by atoms with van der Waals surface area (Å²) in [5.41, 5.74) is -1.05. The molecular weight excluding hydrogens is 342 g/mol. The molecule has 0 heterocycles. The van der Waals surface area contributed by atoms with Gasteiger partial charge in [0.15, 0.2) is 0 Å². The summed E-state index contributed by atoms with van der Waals surface area (Å²) in [6.45, 7) is 0. The maximum atomic E-state index is 11.6. The van der Waals surface area contributed by atoms with Crippen LogP contribution in [0.25, 0.3) is 5.57 Å². The van der Waals surface area contributed by atoms with Crippen LogP contribution in [-0.2, 0) is 9.53 Å². The third-order valence-corrected chi connectivity index (χ3v) is 2.98. The average Bonchev–Trinajstić information content (AvgIpc) is 2.49. The molecule has 0 radical (unpaired) electrons. The first-order chi connectivity index (χ1) is 11.2. The Labute approximate surface area is 142 Å². The van der Waals surface area contributed by atoms with Crippen LogP contribution in [0.1, 0.15) is 5.56 Å². The van der Waals surface area contributed by atoms with Crippen LogP contribution in [0.3, 0.4) is 0 Å². The number of carbonyl (C=O) groups is 1. The van der Waals surface area contributed by atoms with Crippen LogP contribution in [0.4, 0.5) is 5.69 Å². The van der Waals surface area contributed by atoms with Gasteiger partial charge in [0, 0.05) is 43.0 Å². The quantitative estimate of drug-likeness (QED) is 0.253. The van der Waals surface area contributed by atoms with Gasteiger partial charge in [-0.2, -0.15) is 0 Å². The summed E-state index contributed by atoms with van der Waals surface area (Å²) in [7, 11) is 4.25. The number of benzene rings is 1. The molecule has 0 aromatic heterocycles.